The van der Waals surface area contributed by atoms with E-state index < -0.39 is 18.2 Å². The van der Waals surface area contributed by atoms with E-state index in [9.17, 15) is 18.0 Å². The van der Waals surface area contributed by atoms with Crippen LogP contribution in [0.25, 0.3) is 0 Å². The van der Waals surface area contributed by atoms with E-state index in [2.05, 4.69) is 9.73 Å². The molecule has 3 nitrogen and oxygen atoms in total. The smallest absolute Gasteiger partial charge is 0.421 e. The number of benzene rings is 1. The molecule has 0 saturated carbocycles. The number of alkyl halides is 3. The molecular formula is C13H14F3NO2. The molecule has 0 aromatic heterocycles. The number of aliphatic imine (C=N–C) groups is 1. The topological polar surface area (TPSA) is 38.7 Å². The third kappa shape index (κ3) is 4.39. The predicted octanol–water partition coefficient (Wildman–Crippen LogP) is 2.99. The number of rotatable bonds is 4. The number of hydrogen-bond acceptors (Lipinski definition) is 3. The number of carbonyl (C=O) groups is 1. The Balaban J connectivity index is 3.04. The molecule has 0 fully saturated rings. The minimum Gasteiger partial charge on any atom is -0.464 e. The van der Waals surface area contributed by atoms with E-state index in [-0.39, 0.29) is 12.3 Å². The van der Waals surface area contributed by atoms with Gasteiger partial charge in [0.2, 0.25) is 6.04 Å². The Hall–Kier alpha value is -1.85. The maximum Gasteiger partial charge on any atom is 0.421 e. The Morgan fingerprint density at radius 1 is 1.32 bits per heavy atom. The van der Waals surface area contributed by atoms with Crippen LogP contribution in [0.3, 0.4) is 0 Å². The largest absolute Gasteiger partial charge is 0.464 e. The molecule has 0 N–H and O–H groups in total. The van der Waals surface area contributed by atoms with Gasteiger partial charge >= 0.3 is 12.1 Å². The molecule has 0 aliphatic heterocycles. The van der Waals surface area contributed by atoms with Crippen molar-refractivity contribution in [2.24, 2.45) is 4.99 Å². The minimum absolute atomic E-state index is 0.120. The lowest BCUT2D eigenvalue weighted by atomic mass is 10.1. The molecule has 0 aliphatic carbocycles. The summed E-state index contributed by atoms with van der Waals surface area (Å²) in [5.74, 6) is -1.38. The average Bonchev–Trinajstić information content (AvgIpc) is 2.35. The van der Waals surface area contributed by atoms with Gasteiger partial charge in [0.15, 0.2) is 0 Å². The van der Waals surface area contributed by atoms with Crippen molar-refractivity contribution < 1.29 is 22.7 Å². The first-order chi connectivity index (χ1) is 8.86. The van der Waals surface area contributed by atoms with E-state index in [4.69, 9.17) is 0 Å². The first-order valence-electron chi connectivity index (χ1n) is 5.69. The van der Waals surface area contributed by atoms with E-state index in [1.54, 1.807) is 30.3 Å². The molecule has 0 radical (unpaired) electrons. The summed E-state index contributed by atoms with van der Waals surface area (Å²) in [6.45, 7) is 2.75. The van der Waals surface area contributed by atoms with Crippen molar-refractivity contribution in [3.63, 3.8) is 0 Å². The molecule has 0 heterocycles. The zero-order valence-electron chi connectivity index (χ0n) is 10.6. The predicted molar refractivity (Wildman–Crippen MR) is 65.1 cm³/mol. The summed E-state index contributed by atoms with van der Waals surface area (Å²) in [4.78, 5) is 14.8. The van der Waals surface area contributed by atoms with Gasteiger partial charge in [-0.25, -0.2) is 4.79 Å². The summed E-state index contributed by atoms with van der Waals surface area (Å²) in [5.41, 5.74) is 0.664. The highest BCUT2D eigenvalue weighted by atomic mass is 19.4. The average molecular weight is 273 g/mol. The third-order valence-corrected chi connectivity index (χ3v) is 2.33. The quantitative estimate of drug-likeness (QED) is 0.625. The molecule has 0 amide bonds. The SMILES string of the molecule is CCOC(=O)C(/N=C(\C)c1ccccc1)C(F)(F)F. The van der Waals surface area contributed by atoms with E-state index in [1.807, 2.05) is 0 Å². The van der Waals surface area contributed by atoms with E-state index in [1.165, 1.54) is 13.8 Å². The van der Waals surface area contributed by atoms with Gasteiger partial charge in [0.1, 0.15) is 0 Å². The van der Waals surface area contributed by atoms with Crippen LogP contribution in [0.15, 0.2) is 35.3 Å². The van der Waals surface area contributed by atoms with Crippen LogP contribution in [-0.2, 0) is 9.53 Å². The highest BCUT2D eigenvalue weighted by molar-refractivity contribution is 6.00. The van der Waals surface area contributed by atoms with Gasteiger partial charge in [0, 0.05) is 5.71 Å². The van der Waals surface area contributed by atoms with Crippen LogP contribution in [0.1, 0.15) is 19.4 Å². The van der Waals surface area contributed by atoms with Crippen LogP contribution in [-0.4, -0.2) is 30.5 Å². The van der Waals surface area contributed by atoms with Crippen molar-refractivity contribution in [2.45, 2.75) is 26.1 Å². The molecule has 1 aromatic rings. The normalized spacial score (nSPS) is 14.1. The molecule has 1 aromatic carbocycles. The molecule has 1 unspecified atom stereocenters. The van der Waals surface area contributed by atoms with Gasteiger partial charge in [0.05, 0.1) is 6.61 Å². The maximum absolute atomic E-state index is 12.8. The molecule has 0 spiro atoms. The molecule has 104 valence electrons. The van der Waals surface area contributed by atoms with Gasteiger partial charge < -0.3 is 4.74 Å². The highest BCUT2D eigenvalue weighted by Gasteiger charge is 2.46. The molecule has 1 atom stereocenters. The Morgan fingerprint density at radius 3 is 2.37 bits per heavy atom. The molecule has 0 bridgehead atoms. The summed E-state index contributed by atoms with van der Waals surface area (Å²) in [5, 5.41) is 0. The van der Waals surface area contributed by atoms with Crippen LogP contribution in [0.2, 0.25) is 0 Å². The fourth-order valence-electron chi connectivity index (χ4n) is 1.43. The maximum atomic E-state index is 12.8. The Morgan fingerprint density at radius 2 is 1.89 bits per heavy atom. The van der Waals surface area contributed by atoms with E-state index in [0.29, 0.717) is 5.56 Å². The zero-order chi connectivity index (χ0) is 14.5. The highest BCUT2D eigenvalue weighted by Crippen LogP contribution is 2.24. The second-order valence-corrected chi connectivity index (χ2v) is 3.78. The second-order valence-electron chi connectivity index (χ2n) is 3.78. The van der Waals surface area contributed by atoms with Crippen LogP contribution in [0.5, 0.6) is 0 Å². The summed E-state index contributed by atoms with van der Waals surface area (Å²) < 4.78 is 42.7. The van der Waals surface area contributed by atoms with Crippen molar-refractivity contribution in [3.05, 3.63) is 35.9 Å². The number of hydrogen-bond donors (Lipinski definition) is 0. The number of esters is 1. The lowest BCUT2D eigenvalue weighted by molar-refractivity contribution is -0.178. The fraction of sp³-hybridized carbons (Fsp3) is 0.385. The van der Waals surface area contributed by atoms with Crippen molar-refractivity contribution in [3.8, 4) is 0 Å². The molecule has 1 rings (SSSR count). The van der Waals surface area contributed by atoms with Crippen molar-refractivity contribution in [1.29, 1.82) is 0 Å². The lowest BCUT2D eigenvalue weighted by Gasteiger charge is -2.16. The molecule has 6 heteroatoms. The third-order valence-electron chi connectivity index (χ3n) is 2.33. The Bertz CT molecular complexity index is 455. The summed E-state index contributed by atoms with van der Waals surface area (Å²) >= 11 is 0. The van der Waals surface area contributed by atoms with Crippen LogP contribution >= 0.6 is 0 Å². The number of carbonyl (C=O) groups excluding carboxylic acids is 1. The zero-order valence-corrected chi connectivity index (χ0v) is 10.6. The van der Waals surface area contributed by atoms with Crippen molar-refractivity contribution in [2.75, 3.05) is 6.61 Å². The monoisotopic (exact) mass is 273 g/mol. The van der Waals surface area contributed by atoms with Crippen LogP contribution in [0.4, 0.5) is 13.2 Å². The number of nitrogens with zero attached hydrogens (tertiary/aromatic N) is 1. The standard InChI is InChI=1S/C13H14F3NO2/c1-3-19-12(18)11(13(14,15)16)17-9(2)10-7-5-4-6-8-10/h4-8,11H,3H2,1-2H3/b17-9+. The second kappa shape index (κ2) is 6.36. The summed E-state index contributed by atoms with van der Waals surface area (Å²) in [6, 6.07) is 5.87. The first-order valence-corrected chi connectivity index (χ1v) is 5.69. The van der Waals surface area contributed by atoms with Gasteiger partial charge in [-0.3, -0.25) is 4.99 Å². The van der Waals surface area contributed by atoms with Gasteiger partial charge in [0.25, 0.3) is 0 Å². The van der Waals surface area contributed by atoms with Crippen LogP contribution < -0.4 is 0 Å². The van der Waals surface area contributed by atoms with Crippen molar-refractivity contribution >= 4 is 11.7 Å². The molecule has 0 saturated heterocycles. The number of ether oxygens (including phenoxy) is 1. The van der Waals surface area contributed by atoms with Gasteiger partial charge in [-0.15, -0.1) is 0 Å². The van der Waals surface area contributed by atoms with Gasteiger partial charge in [-0.1, -0.05) is 30.3 Å². The fourth-order valence-corrected chi connectivity index (χ4v) is 1.43. The summed E-state index contributed by atoms with van der Waals surface area (Å²) in [7, 11) is 0. The Kier molecular flexibility index (Phi) is 5.09. The first kappa shape index (κ1) is 15.2. The Labute approximate surface area is 109 Å². The lowest BCUT2D eigenvalue weighted by Crippen LogP contribution is -2.37. The molecular weight excluding hydrogens is 259 g/mol. The van der Waals surface area contributed by atoms with Gasteiger partial charge in [-0.2, -0.15) is 13.2 Å². The van der Waals surface area contributed by atoms with E-state index >= 15 is 0 Å². The van der Waals surface area contributed by atoms with Crippen LogP contribution in [0, 0.1) is 0 Å². The molecule has 0 aliphatic rings. The van der Waals surface area contributed by atoms with E-state index in [0.717, 1.165) is 0 Å². The number of halogens is 3. The summed E-state index contributed by atoms with van der Waals surface area (Å²) in [6.07, 6.45) is -4.76. The minimum atomic E-state index is -4.76. The van der Waals surface area contributed by atoms with Crippen molar-refractivity contribution in [1.82, 2.24) is 0 Å². The van der Waals surface area contributed by atoms with Gasteiger partial charge in [-0.05, 0) is 19.4 Å². The molecule has 19 heavy (non-hydrogen) atoms.